The van der Waals surface area contributed by atoms with E-state index in [1.165, 1.54) is 30.1 Å². The Morgan fingerprint density at radius 1 is 1.03 bits per heavy atom. The fraction of sp³-hybridized carbons (Fsp3) is 0.462. The van der Waals surface area contributed by atoms with Gasteiger partial charge in [-0.2, -0.15) is 26.3 Å². The van der Waals surface area contributed by atoms with Crippen LogP contribution in [0.15, 0.2) is 36.4 Å². The highest BCUT2D eigenvalue weighted by atomic mass is 19.4. The van der Waals surface area contributed by atoms with Crippen LogP contribution in [0.2, 0.25) is 0 Å². The lowest BCUT2D eigenvalue weighted by Gasteiger charge is -2.41. The molecule has 208 valence electrons. The Kier molecular flexibility index (Phi) is 8.62. The predicted octanol–water partition coefficient (Wildman–Crippen LogP) is 6.74. The molecule has 3 rings (SSSR count). The molecule has 0 aromatic heterocycles. The molecule has 2 amide bonds. The minimum absolute atomic E-state index is 0.0266. The van der Waals surface area contributed by atoms with Gasteiger partial charge < -0.3 is 14.5 Å². The van der Waals surface area contributed by atoms with E-state index in [1.807, 2.05) is 0 Å². The maximum absolute atomic E-state index is 13.8. The van der Waals surface area contributed by atoms with E-state index in [-0.39, 0.29) is 37.6 Å². The van der Waals surface area contributed by atoms with Crippen LogP contribution in [0.5, 0.6) is 0 Å². The van der Waals surface area contributed by atoms with Crippen molar-refractivity contribution in [2.45, 2.75) is 51.6 Å². The molecule has 1 fully saturated rings. The zero-order chi connectivity index (χ0) is 28.4. The topological polar surface area (TPSA) is 49.9 Å². The number of rotatable bonds is 5. The van der Waals surface area contributed by atoms with Crippen LogP contribution in [-0.2, 0) is 28.4 Å². The molecule has 0 aliphatic carbocycles. The van der Waals surface area contributed by atoms with Crippen molar-refractivity contribution in [3.05, 3.63) is 70.0 Å². The van der Waals surface area contributed by atoms with E-state index >= 15 is 0 Å². The normalized spacial score (nSPS) is 18.3. The fourth-order valence-corrected chi connectivity index (χ4v) is 4.65. The van der Waals surface area contributed by atoms with Gasteiger partial charge >= 0.3 is 24.4 Å². The molecule has 0 unspecified atom stereocenters. The van der Waals surface area contributed by atoms with E-state index in [1.54, 1.807) is 13.8 Å². The summed E-state index contributed by atoms with van der Waals surface area (Å²) in [6.45, 7) is 3.01. The van der Waals surface area contributed by atoms with Gasteiger partial charge in [-0.15, -0.1) is 0 Å². The Morgan fingerprint density at radius 2 is 1.63 bits per heavy atom. The molecule has 1 heterocycles. The summed E-state index contributed by atoms with van der Waals surface area (Å²) in [6.07, 6.45) is -9.62. The summed E-state index contributed by atoms with van der Waals surface area (Å²) in [5.41, 5.74) is -2.20. The first kappa shape index (κ1) is 29.2. The Hall–Kier alpha value is -3.31. The number of hydrogen-bond acceptors (Lipinski definition) is 3. The maximum atomic E-state index is 13.8. The summed E-state index contributed by atoms with van der Waals surface area (Å²) in [6, 6.07) is 3.81. The Labute approximate surface area is 215 Å². The zero-order valence-corrected chi connectivity index (χ0v) is 20.9. The average molecular weight is 548 g/mol. The van der Waals surface area contributed by atoms with Crippen LogP contribution in [0.4, 0.5) is 35.5 Å². The van der Waals surface area contributed by atoms with Crippen molar-refractivity contribution in [1.82, 2.24) is 9.80 Å². The smallest absolute Gasteiger partial charge is 0.416 e. The third-order valence-electron chi connectivity index (χ3n) is 6.45. The summed E-state index contributed by atoms with van der Waals surface area (Å²) in [5.74, 6) is -1.48. The number of ether oxygens (including phenoxy) is 1. The lowest BCUT2D eigenvalue weighted by Crippen LogP contribution is -2.48. The second kappa shape index (κ2) is 11.2. The van der Waals surface area contributed by atoms with Crippen LogP contribution in [0.3, 0.4) is 0 Å². The molecular weight excluding hydrogens is 521 g/mol. The number of urea groups is 1. The standard InChI is InChI=1S/C26H27F7N2O3/c1-4-38-23(36)17-7-8-35(22(12-17)21-6-5-20(27)9-15(21)2)24(37)34(3)14-16-10-18(25(28,29)30)13-19(11-16)26(31,32)33/h5-6,9-11,13,17,22H,4,7-8,12,14H2,1-3H3/t17-,22+/m0/s1. The van der Waals surface area contributed by atoms with Gasteiger partial charge in [0, 0.05) is 20.1 Å². The van der Waals surface area contributed by atoms with Crippen molar-refractivity contribution in [2.24, 2.45) is 5.92 Å². The number of piperidine rings is 1. The first-order chi connectivity index (χ1) is 17.6. The van der Waals surface area contributed by atoms with Gasteiger partial charge in [0.2, 0.25) is 0 Å². The number of esters is 1. The molecule has 1 saturated heterocycles. The molecule has 0 N–H and O–H groups in total. The molecule has 2 atom stereocenters. The van der Waals surface area contributed by atoms with Gasteiger partial charge in [0.05, 0.1) is 29.7 Å². The van der Waals surface area contributed by atoms with E-state index < -0.39 is 59.8 Å². The van der Waals surface area contributed by atoms with Gasteiger partial charge in [0.1, 0.15) is 5.82 Å². The third kappa shape index (κ3) is 6.76. The first-order valence-electron chi connectivity index (χ1n) is 11.8. The predicted molar refractivity (Wildman–Crippen MR) is 123 cm³/mol. The molecule has 2 aromatic rings. The van der Waals surface area contributed by atoms with Gasteiger partial charge in [-0.25, -0.2) is 9.18 Å². The summed E-state index contributed by atoms with van der Waals surface area (Å²) in [7, 11) is 1.27. The van der Waals surface area contributed by atoms with Crippen LogP contribution in [0, 0.1) is 18.7 Å². The molecule has 0 spiro atoms. The summed E-state index contributed by atoms with van der Waals surface area (Å²) >= 11 is 0. The maximum Gasteiger partial charge on any atom is 0.416 e. The number of amides is 2. The monoisotopic (exact) mass is 548 g/mol. The Balaban J connectivity index is 1.92. The van der Waals surface area contributed by atoms with Gasteiger partial charge in [-0.1, -0.05) is 6.07 Å². The van der Waals surface area contributed by atoms with Crippen LogP contribution >= 0.6 is 0 Å². The van der Waals surface area contributed by atoms with Crippen molar-refractivity contribution >= 4 is 12.0 Å². The number of halogens is 7. The number of nitrogens with zero attached hydrogens (tertiary/aromatic N) is 2. The molecule has 1 aliphatic rings. The number of benzene rings is 2. The molecule has 2 aromatic carbocycles. The van der Waals surface area contributed by atoms with E-state index in [4.69, 9.17) is 4.74 Å². The van der Waals surface area contributed by atoms with Crippen molar-refractivity contribution < 1.29 is 45.1 Å². The number of hydrogen-bond donors (Lipinski definition) is 0. The summed E-state index contributed by atoms with van der Waals surface area (Å²) < 4.78 is 98.5. The lowest BCUT2D eigenvalue weighted by molar-refractivity contribution is -0.150. The van der Waals surface area contributed by atoms with Gasteiger partial charge in [-0.05, 0) is 73.7 Å². The Morgan fingerprint density at radius 3 is 2.16 bits per heavy atom. The largest absolute Gasteiger partial charge is 0.466 e. The number of carbonyl (C=O) groups is 2. The van der Waals surface area contributed by atoms with Crippen molar-refractivity contribution in [2.75, 3.05) is 20.2 Å². The highest BCUT2D eigenvalue weighted by Crippen LogP contribution is 2.39. The third-order valence-corrected chi connectivity index (χ3v) is 6.45. The van der Waals surface area contributed by atoms with Gasteiger partial charge in [0.15, 0.2) is 0 Å². The molecule has 38 heavy (non-hydrogen) atoms. The quantitative estimate of drug-likeness (QED) is 0.307. The molecule has 5 nitrogen and oxygen atoms in total. The van der Waals surface area contributed by atoms with Crippen LogP contribution in [-0.4, -0.2) is 42.0 Å². The lowest BCUT2D eigenvalue weighted by atomic mass is 9.85. The van der Waals surface area contributed by atoms with E-state index in [9.17, 15) is 40.3 Å². The molecule has 1 aliphatic heterocycles. The second-order valence-electron chi connectivity index (χ2n) is 9.24. The first-order valence-corrected chi connectivity index (χ1v) is 11.8. The number of carbonyl (C=O) groups excluding carboxylic acids is 2. The average Bonchev–Trinajstić information content (AvgIpc) is 2.82. The van der Waals surface area contributed by atoms with Crippen LogP contribution in [0.1, 0.15) is 53.6 Å². The number of aryl methyl sites for hydroxylation is 1. The highest BCUT2D eigenvalue weighted by Gasteiger charge is 2.39. The highest BCUT2D eigenvalue weighted by molar-refractivity contribution is 5.77. The minimum Gasteiger partial charge on any atom is -0.466 e. The van der Waals surface area contributed by atoms with Gasteiger partial charge in [-0.3, -0.25) is 4.79 Å². The van der Waals surface area contributed by atoms with Crippen molar-refractivity contribution in [3.63, 3.8) is 0 Å². The van der Waals surface area contributed by atoms with Crippen molar-refractivity contribution in [3.8, 4) is 0 Å². The molecule has 0 bridgehead atoms. The minimum atomic E-state index is -5.02. The second-order valence-corrected chi connectivity index (χ2v) is 9.24. The molecular formula is C26H27F7N2O3. The Bertz CT molecular complexity index is 1150. The fourth-order valence-electron chi connectivity index (χ4n) is 4.65. The SMILES string of the molecule is CCOC(=O)[C@H]1CCN(C(=O)N(C)Cc2cc(C(F)(F)F)cc(C(F)(F)F)c2)[C@@H](c2ccc(F)cc2C)C1. The molecule has 0 radical (unpaired) electrons. The molecule has 0 saturated carbocycles. The number of likely N-dealkylation sites (tertiary alicyclic amines) is 1. The van der Waals surface area contributed by atoms with E-state index in [0.29, 0.717) is 23.3 Å². The molecule has 12 heteroatoms. The van der Waals surface area contributed by atoms with Crippen LogP contribution < -0.4 is 0 Å². The zero-order valence-electron chi connectivity index (χ0n) is 20.9. The van der Waals surface area contributed by atoms with E-state index in [2.05, 4.69) is 0 Å². The van der Waals surface area contributed by atoms with E-state index in [0.717, 1.165) is 4.90 Å². The van der Waals surface area contributed by atoms with Gasteiger partial charge in [0.25, 0.3) is 0 Å². The summed E-state index contributed by atoms with van der Waals surface area (Å²) in [5, 5.41) is 0. The van der Waals surface area contributed by atoms with Crippen molar-refractivity contribution in [1.29, 1.82) is 0 Å². The van der Waals surface area contributed by atoms with Crippen LogP contribution in [0.25, 0.3) is 0 Å². The summed E-state index contributed by atoms with van der Waals surface area (Å²) in [4.78, 5) is 28.3. The number of alkyl halides is 6.